The van der Waals surface area contributed by atoms with Crippen LogP contribution < -0.4 is 11.2 Å². The Hall–Kier alpha value is -2.88. The summed E-state index contributed by atoms with van der Waals surface area (Å²) in [4.78, 5) is 39.6. The summed E-state index contributed by atoms with van der Waals surface area (Å²) in [6.07, 6.45) is -2.19. The van der Waals surface area contributed by atoms with Gasteiger partial charge in [-0.25, -0.2) is 9.59 Å². The van der Waals surface area contributed by atoms with Crippen molar-refractivity contribution in [3.63, 3.8) is 0 Å². The molecule has 0 unspecified atom stereocenters. The largest absolute Gasteiger partial charge is 0.490 e. The predicted molar refractivity (Wildman–Crippen MR) is 90.9 cm³/mol. The van der Waals surface area contributed by atoms with Crippen molar-refractivity contribution in [1.82, 2.24) is 5.48 Å². The molecule has 1 aromatic rings. The van der Waals surface area contributed by atoms with E-state index in [1.807, 2.05) is 5.48 Å². The first kappa shape index (κ1) is 21.4. The molecule has 152 valence electrons. The van der Waals surface area contributed by atoms with Crippen molar-refractivity contribution in [2.24, 2.45) is 5.73 Å². The van der Waals surface area contributed by atoms with Crippen molar-refractivity contribution in [2.75, 3.05) is 0 Å². The van der Waals surface area contributed by atoms with Gasteiger partial charge in [-0.2, -0.15) is 18.7 Å². The minimum atomic E-state index is -5.23. The highest BCUT2D eigenvalue weighted by Gasteiger charge is 2.52. The molecule has 28 heavy (non-hydrogen) atoms. The number of hydrogen-bond acceptors (Lipinski definition) is 6. The van der Waals surface area contributed by atoms with Gasteiger partial charge in [-0.15, -0.1) is 0 Å². The molecule has 0 aromatic heterocycles. The number of nitrogens with one attached hydrogen (secondary N) is 1. The lowest BCUT2D eigenvalue weighted by atomic mass is 10.0. The van der Waals surface area contributed by atoms with Gasteiger partial charge in [-0.3, -0.25) is 4.79 Å². The second-order valence-electron chi connectivity index (χ2n) is 6.22. The number of esters is 1. The predicted octanol–water partition coefficient (Wildman–Crippen LogP) is 2.15. The van der Waals surface area contributed by atoms with Gasteiger partial charge in [0.05, 0.1) is 0 Å². The molecule has 1 amide bonds. The van der Waals surface area contributed by atoms with Crippen molar-refractivity contribution in [1.29, 1.82) is 0 Å². The van der Waals surface area contributed by atoms with E-state index in [0.29, 0.717) is 24.9 Å². The quantitative estimate of drug-likeness (QED) is 0.446. The summed E-state index contributed by atoms with van der Waals surface area (Å²) in [5.41, 5.74) is 6.84. The third kappa shape index (κ3) is 5.56. The molecule has 0 aliphatic heterocycles. The van der Waals surface area contributed by atoms with Gasteiger partial charge < -0.3 is 15.3 Å². The molecule has 0 atom stereocenters. The lowest BCUT2D eigenvalue weighted by Crippen LogP contribution is -2.47. The molecule has 1 aliphatic rings. The highest BCUT2D eigenvalue weighted by Crippen LogP contribution is 2.36. The minimum absolute atomic E-state index is 0.118. The fourth-order valence-electron chi connectivity index (χ4n) is 2.69. The Morgan fingerprint density at radius 2 is 1.75 bits per heavy atom. The van der Waals surface area contributed by atoms with Gasteiger partial charge in [0.15, 0.2) is 0 Å². The molecule has 0 heterocycles. The number of carbonyl (C=O) groups is 3. The van der Waals surface area contributed by atoms with Gasteiger partial charge in [-0.1, -0.05) is 24.3 Å². The van der Waals surface area contributed by atoms with E-state index >= 15 is 0 Å². The molecular formula is C18H19F3N2O5. The fraction of sp³-hybridized carbons (Fsp3) is 0.389. The highest BCUT2D eigenvalue weighted by molar-refractivity contribution is 5.92. The van der Waals surface area contributed by atoms with Crippen LogP contribution in [0.4, 0.5) is 13.2 Å². The molecule has 1 aliphatic carbocycles. The van der Waals surface area contributed by atoms with Gasteiger partial charge in [0.25, 0.3) is 5.91 Å². The first-order valence-corrected chi connectivity index (χ1v) is 8.45. The zero-order chi connectivity index (χ0) is 20.8. The Morgan fingerprint density at radius 1 is 1.14 bits per heavy atom. The first-order chi connectivity index (χ1) is 13.2. The minimum Gasteiger partial charge on any atom is -0.440 e. The van der Waals surface area contributed by atoms with Crippen molar-refractivity contribution < 1.29 is 37.1 Å². The topological polar surface area (TPSA) is 108 Å². The molecule has 1 saturated carbocycles. The molecule has 0 radical (unpaired) electrons. The monoisotopic (exact) mass is 400 g/mol. The van der Waals surface area contributed by atoms with Crippen LogP contribution in [0.1, 0.15) is 36.8 Å². The number of benzene rings is 1. The van der Waals surface area contributed by atoms with Crippen LogP contribution in [0.25, 0.3) is 6.08 Å². The molecule has 2 rings (SSSR count). The Bertz CT molecular complexity index is 753. The van der Waals surface area contributed by atoms with E-state index in [9.17, 15) is 27.6 Å². The third-order valence-corrected chi connectivity index (χ3v) is 4.19. The van der Waals surface area contributed by atoms with E-state index in [0.717, 1.165) is 11.6 Å². The number of carbonyl (C=O) groups excluding carboxylic acids is 3. The van der Waals surface area contributed by atoms with E-state index in [-0.39, 0.29) is 12.8 Å². The van der Waals surface area contributed by atoms with E-state index in [4.69, 9.17) is 5.73 Å². The summed E-state index contributed by atoms with van der Waals surface area (Å²) in [6, 6.07) is 7.00. The summed E-state index contributed by atoms with van der Waals surface area (Å²) in [7, 11) is 0. The summed E-state index contributed by atoms with van der Waals surface area (Å²) >= 11 is 0. The lowest BCUT2D eigenvalue weighted by Gasteiger charge is -2.26. The van der Waals surface area contributed by atoms with Crippen LogP contribution in [0.2, 0.25) is 0 Å². The van der Waals surface area contributed by atoms with Crippen LogP contribution in [0, 0.1) is 0 Å². The third-order valence-electron chi connectivity index (χ3n) is 4.19. The van der Waals surface area contributed by atoms with Crippen LogP contribution in [-0.2, 0) is 30.5 Å². The Kier molecular flexibility index (Phi) is 6.79. The summed E-state index contributed by atoms with van der Waals surface area (Å²) in [5.74, 6) is -4.54. The molecule has 3 N–H and O–H groups in total. The maximum atomic E-state index is 12.4. The SMILES string of the molecule is NCc1ccc(/C=C/C(=O)NOC(=O)C2(OC(=O)C(F)(F)F)CCCC2)cc1. The van der Waals surface area contributed by atoms with E-state index in [2.05, 4.69) is 9.57 Å². The van der Waals surface area contributed by atoms with Crippen LogP contribution in [0.3, 0.4) is 0 Å². The fourth-order valence-corrected chi connectivity index (χ4v) is 2.69. The van der Waals surface area contributed by atoms with Crippen LogP contribution >= 0.6 is 0 Å². The number of hydroxylamine groups is 1. The Labute approximate surface area is 158 Å². The Morgan fingerprint density at radius 3 is 2.29 bits per heavy atom. The average Bonchev–Trinajstić information content (AvgIpc) is 3.13. The highest BCUT2D eigenvalue weighted by atomic mass is 19.4. The van der Waals surface area contributed by atoms with Crippen LogP contribution in [0.5, 0.6) is 0 Å². The van der Waals surface area contributed by atoms with Crippen molar-refractivity contribution in [2.45, 2.75) is 44.0 Å². The van der Waals surface area contributed by atoms with Gasteiger partial charge >= 0.3 is 18.1 Å². The number of hydrogen-bond donors (Lipinski definition) is 2. The van der Waals surface area contributed by atoms with Crippen molar-refractivity contribution in [3.05, 3.63) is 41.5 Å². The molecule has 10 heteroatoms. The number of halogens is 3. The van der Waals surface area contributed by atoms with E-state index in [1.165, 1.54) is 6.08 Å². The summed E-state index contributed by atoms with van der Waals surface area (Å²) in [5, 5.41) is 0. The van der Waals surface area contributed by atoms with Gasteiger partial charge in [0.2, 0.25) is 5.60 Å². The number of alkyl halides is 3. The van der Waals surface area contributed by atoms with Crippen LogP contribution in [0.15, 0.2) is 30.3 Å². The van der Waals surface area contributed by atoms with Crippen molar-refractivity contribution >= 4 is 23.9 Å². The Balaban J connectivity index is 1.93. The van der Waals surface area contributed by atoms with Crippen LogP contribution in [-0.4, -0.2) is 29.6 Å². The molecule has 1 fully saturated rings. The molecular weight excluding hydrogens is 381 g/mol. The normalized spacial score (nSPS) is 16.0. The molecule has 0 saturated heterocycles. The number of ether oxygens (including phenoxy) is 1. The maximum Gasteiger partial charge on any atom is 0.490 e. The second-order valence-corrected chi connectivity index (χ2v) is 6.22. The maximum absolute atomic E-state index is 12.4. The summed E-state index contributed by atoms with van der Waals surface area (Å²) in [6.45, 7) is 0.376. The zero-order valence-corrected chi connectivity index (χ0v) is 14.8. The van der Waals surface area contributed by atoms with E-state index < -0.39 is 29.6 Å². The molecule has 1 aromatic carbocycles. The van der Waals surface area contributed by atoms with Gasteiger partial charge in [0, 0.05) is 12.6 Å². The summed E-state index contributed by atoms with van der Waals surface area (Å²) < 4.78 is 41.7. The number of rotatable bonds is 5. The second kappa shape index (κ2) is 8.87. The molecule has 0 spiro atoms. The lowest BCUT2D eigenvalue weighted by molar-refractivity contribution is -0.220. The first-order valence-electron chi connectivity index (χ1n) is 8.45. The smallest absolute Gasteiger partial charge is 0.440 e. The number of amides is 1. The average molecular weight is 400 g/mol. The molecule has 7 nitrogen and oxygen atoms in total. The van der Waals surface area contributed by atoms with Gasteiger partial charge in [-0.05, 0) is 42.9 Å². The van der Waals surface area contributed by atoms with E-state index in [1.54, 1.807) is 24.3 Å². The van der Waals surface area contributed by atoms with Crippen molar-refractivity contribution in [3.8, 4) is 0 Å². The zero-order valence-electron chi connectivity index (χ0n) is 14.8. The number of nitrogens with two attached hydrogens (primary N) is 1. The standard InChI is InChI=1S/C18H19F3N2O5/c19-18(20,21)16(26)27-17(9-1-2-10-17)15(25)28-23-14(24)8-7-12-3-5-13(11-22)6-4-12/h3-8H,1-2,9-11,22H2,(H,23,24)/b8-7+. The molecule has 0 bridgehead atoms. The van der Waals surface area contributed by atoms with Gasteiger partial charge in [0.1, 0.15) is 0 Å².